The fourth-order valence-corrected chi connectivity index (χ4v) is 7.31. The smallest absolute Gasteiger partial charge is 0.260 e. The van der Waals surface area contributed by atoms with Gasteiger partial charge in [0.15, 0.2) is 5.82 Å². The van der Waals surface area contributed by atoms with Crippen LogP contribution in [0.3, 0.4) is 0 Å². The molecule has 0 bridgehead atoms. The molecule has 2 saturated heterocycles. The van der Waals surface area contributed by atoms with Crippen molar-refractivity contribution in [2.24, 2.45) is 0 Å². The maximum atomic E-state index is 13.5. The molecule has 1 N–H and O–H groups in total. The number of para-hydroxylation sites is 1. The second kappa shape index (κ2) is 12.9. The molecule has 3 aliphatic rings. The second-order valence-electron chi connectivity index (χ2n) is 11.9. The summed E-state index contributed by atoms with van der Waals surface area (Å²) in [6, 6.07) is 12.2. The number of nitrogens with zero attached hydrogens (tertiary/aromatic N) is 7. The Morgan fingerprint density at radius 2 is 1.72 bits per heavy atom. The Morgan fingerprint density at radius 1 is 1.00 bits per heavy atom. The molecule has 0 aliphatic carbocycles. The highest BCUT2D eigenvalue weighted by atomic mass is 32.2. The van der Waals surface area contributed by atoms with Crippen molar-refractivity contribution >= 4 is 50.7 Å². The number of sulfonamides is 1. The molecule has 244 valence electrons. The van der Waals surface area contributed by atoms with Crippen molar-refractivity contribution in [3.63, 3.8) is 0 Å². The average molecular weight is 649 g/mol. The number of benzene rings is 2. The summed E-state index contributed by atoms with van der Waals surface area (Å²) in [6.45, 7) is 7.94. The Bertz CT molecular complexity index is 1740. The average Bonchev–Trinajstić information content (AvgIpc) is 3.14. The van der Waals surface area contributed by atoms with Crippen LogP contribution in [0.5, 0.6) is 5.75 Å². The molecule has 0 radical (unpaired) electrons. The highest BCUT2D eigenvalue weighted by molar-refractivity contribution is 7.92. The Hall–Kier alpha value is -4.27. The summed E-state index contributed by atoms with van der Waals surface area (Å²) in [6.07, 6.45) is 4.39. The minimum atomic E-state index is -3.90. The van der Waals surface area contributed by atoms with E-state index in [9.17, 15) is 18.0 Å². The molecule has 0 unspecified atom stereocenters. The number of nitrogens with one attached hydrogen (secondary N) is 1. The Morgan fingerprint density at radius 3 is 2.41 bits per heavy atom. The number of aromatic nitrogens is 2. The molecule has 3 aliphatic heterocycles. The van der Waals surface area contributed by atoms with Gasteiger partial charge in [-0.1, -0.05) is 12.1 Å². The monoisotopic (exact) mass is 648 g/mol. The normalized spacial score (nSPS) is 18.2. The van der Waals surface area contributed by atoms with Crippen LogP contribution in [0.4, 0.5) is 28.8 Å². The van der Waals surface area contributed by atoms with Crippen molar-refractivity contribution < 1.29 is 22.7 Å². The molecule has 3 aromatic rings. The van der Waals surface area contributed by atoms with Gasteiger partial charge >= 0.3 is 0 Å². The van der Waals surface area contributed by atoms with Gasteiger partial charge in [0.25, 0.3) is 11.8 Å². The van der Waals surface area contributed by atoms with Crippen LogP contribution in [0.15, 0.2) is 48.7 Å². The fourth-order valence-electron chi connectivity index (χ4n) is 6.34. The second-order valence-corrected chi connectivity index (χ2v) is 13.8. The van der Waals surface area contributed by atoms with Gasteiger partial charge in [-0.05, 0) is 57.1 Å². The quantitative estimate of drug-likeness (QED) is 0.408. The molecule has 2 aromatic carbocycles. The van der Waals surface area contributed by atoms with Crippen molar-refractivity contribution in [3.8, 4) is 5.75 Å². The third kappa shape index (κ3) is 6.24. The minimum Gasteiger partial charge on any atom is -0.492 e. The first-order valence-electron chi connectivity index (χ1n) is 15.5. The molecule has 2 amide bonds. The number of anilines is 5. The van der Waals surface area contributed by atoms with Gasteiger partial charge in [-0.25, -0.2) is 17.7 Å². The van der Waals surface area contributed by atoms with Crippen LogP contribution in [0.25, 0.3) is 0 Å². The number of amides is 2. The van der Waals surface area contributed by atoms with Gasteiger partial charge in [-0.2, -0.15) is 4.98 Å². The summed E-state index contributed by atoms with van der Waals surface area (Å²) >= 11 is 0. The first kappa shape index (κ1) is 31.7. The van der Waals surface area contributed by atoms with Gasteiger partial charge in [0, 0.05) is 57.9 Å². The van der Waals surface area contributed by atoms with E-state index in [4.69, 9.17) is 4.74 Å². The molecule has 46 heavy (non-hydrogen) atoms. The molecule has 13 nitrogen and oxygen atoms in total. The van der Waals surface area contributed by atoms with Crippen molar-refractivity contribution in [3.05, 3.63) is 59.8 Å². The predicted octanol–water partition coefficient (Wildman–Crippen LogP) is 3.16. The Balaban J connectivity index is 1.24. The van der Waals surface area contributed by atoms with Crippen molar-refractivity contribution in [2.75, 3.05) is 80.7 Å². The van der Waals surface area contributed by atoms with Crippen molar-refractivity contribution in [1.29, 1.82) is 0 Å². The predicted molar refractivity (Wildman–Crippen MR) is 177 cm³/mol. The standard InChI is InChI=1S/C32H40N8O5S/c1-5-45-28-20-22(30(41)39-14-12-23(13-15-39)38-18-16-36(2)17-19-38)10-11-25(28)34-32-33-21-27-29(35-32)40(46(4,43)44)26-9-7-6-8-24(26)31(42)37(27)3/h6-11,20-21,23H,5,12-19H2,1-4H3,(H,33,34,35). The van der Waals surface area contributed by atoms with Crippen LogP contribution in [-0.4, -0.2) is 117 Å². The van der Waals surface area contributed by atoms with Crippen LogP contribution < -0.4 is 19.3 Å². The van der Waals surface area contributed by atoms with Gasteiger partial charge in [0.2, 0.25) is 16.0 Å². The number of piperazine rings is 1. The largest absolute Gasteiger partial charge is 0.492 e. The molecule has 0 saturated carbocycles. The SMILES string of the molecule is CCOc1cc(C(=O)N2CCC(N3CCN(C)CC3)CC2)ccc1Nc1ncc2c(n1)N(S(C)(=O)=O)c1ccccc1C(=O)N2C. The summed E-state index contributed by atoms with van der Waals surface area (Å²) in [4.78, 5) is 43.9. The topological polar surface area (TPSA) is 132 Å². The zero-order valence-electron chi connectivity index (χ0n) is 26.6. The number of carbonyl (C=O) groups is 2. The van der Waals surface area contributed by atoms with Crippen molar-refractivity contribution in [1.82, 2.24) is 24.7 Å². The van der Waals surface area contributed by atoms with Gasteiger partial charge in [-0.15, -0.1) is 0 Å². The lowest BCUT2D eigenvalue weighted by Gasteiger charge is -2.42. The van der Waals surface area contributed by atoms with Crippen molar-refractivity contribution in [2.45, 2.75) is 25.8 Å². The van der Waals surface area contributed by atoms with Gasteiger partial charge < -0.3 is 24.8 Å². The van der Waals surface area contributed by atoms with Gasteiger partial charge in [0.1, 0.15) is 11.4 Å². The summed E-state index contributed by atoms with van der Waals surface area (Å²) in [5.74, 6) is 0.150. The molecule has 1 aromatic heterocycles. The van der Waals surface area contributed by atoms with E-state index in [1.54, 1.807) is 49.5 Å². The molecule has 0 atom stereocenters. The highest BCUT2D eigenvalue weighted by Crippen LogP contribution is 2.41. The lowest BCUT2D eigenvalue weighted by Crippen LogP contribution is -2.52. The Labute approximate surface area is 269 Å². The van der Waals surface area contributed by atoms with Crippen LogP contribution in [-0.2, 0) is 10.0 Å². The lowest BCUT2D eigenvalue weighted by molar-refractivity contribution is 0.0518. The summed E-state index contributed by atoms with van der Waals surface area (Å²) in [5.41, 5.74) is 1.70. The molecular weight excluding hydrogens is 608 g/mol. The first-order valence-corrected chi connectivity index (χ1v) is 17.4. The first-order chi connectivity index (χ1) is 22.0. The molecule has 2 fully saturated rings. The molecule has 6 rings (SSSR count). The third-order valence-corrected chi connectivity index (χ3v) is 9.91. The zero-order chi connectivity index (χ0) is 32.6. The molecule has 14 heteroatoms. The number of rotatable bonds is 7. The van der Waals surface area contributed by atoms with Crippen LogP contribution >= 0.6 is 0 Å². The third-order valence-electron chi connectivity index (χ3n) is 8.87. The number of likely N-dealkylation sites (tertiary alicyclic amines) is 1. The summed E-state index contributed by atoms with van der Waals surface area (Å²) in [5, 5.41) is 3.13. The number of likely N-dealkylation sites (N-methyl/N-ethyl adjacent to an activating group) is 1. The number of hydrogen-bond donors (Lipinski definition) is 1. The maximum absolute atomic E-state index is 13.5. The van der Waals surface area contributed by atoms with E-state index in [1.165, 1.54) is 11.1 Å². The highest BCUT2D eigenvalue weighted by Gasteiger charge is 2.35. The van der Waals surface area contributed by atoms with Crippen LogP contribution in [0.2, 0.25) is 0 Å². The fraction of sp³-hybridized carbons (Fsp3) is 0.438. The number of fused-ring (bicyclic) bond motifs is 2. The summed E-state index contributed by atoms with van der Waals surface area (Å²) in [7, 11) is -0.192. The number of hydrogen-bond acceptors (Lipinski definition) is 10. The van der Waals surface area contributed by atoms with Crippen LogP contribution in [0.1, 0.15) is 40.5 Å². The molecule has 4 heterocycles. The van der Waals surface area contributed by atoms with Gasteiger partial charge in [-0.3, -0.25) is 14.5 Å². The van der Waals surface area contributed by atoms with E-state index >= 15 is 0 Å². The summed E-state index contributed by atoms with van der Waals surface area (Å²) < 4.78 is 33.1. The number of carbonyl (C=O) groups excluding carboxylic acids is 2. The van der Waals surface area contributed by atoms with E-state index in [-0.39, 0.29) is 40.5 Å². The Kier molecular flexibility index (Phi) is 8.86. The van der Waals surface area contributed by atoms with E-state index < -0.39 is 10.0 Å². The van der Waals surface area contributed by atoms with Crippen LogP contribution in [0, 0.1) is 0 Å². The number of ether oxygens (including phenoxy) is 1. The van der Waals surface area contributed by atoms with E-state index in [2.05, 4.69) is 32.1 Å². The van der Waals surface area contributed by atoms with E-state index in [0.29, 0.717) is 42.7 Å². The van der Waals surface area contributed by atoms with E-state index in [1.807, 2.05) is 11.8 Å². The maximum Gasteiger partial charge on any atom is 0.260 e. The lowest BCUT2D eigenvalue weighted by atomic mass is 10.0. The number of piperidine rings is 1. The minimum absolute atomic E-state index is 0.0329. The molecular formula is C32H40N8O5S. The van der Waals surface area contributed by atoms with Gasteiger partial charge in [0.05, 0.1) is 36.0 Å². The molecule has 0 spiro atoms. The zero-order valence-corrected chi connectivity index (χ0v) is 27.5. The van der Waals surface area contributed by atoms with E-state index in [0.717, 1.165) is 49.6 Å².